The van der Waals surface area contributed by atoms with Gasteiger partial charge in [-0.2, -0.15) is 0 Å². The van der Waals surface area contributed by atoms with Crippen molar-refractivity contribution in [2.24, 2.45) is 5.92 Å². The first-order valence-electron chi connectivity index (χ1n) is 9.01. The molecule has 1 saturated heterocycles. The largest absolute Gasteiger partial charge is 0.469 e. The van der Waals surface area contributed by atoms with Gasteiger partial charge >= 0.3 is 5.97 Å². The van der Waals surface area contributed by atoms with Crippen LogP contribution >= 0.6 is 0 Å². The number of epoxide rings is 1. The molecule has 0 aromatic heterocycles. The maximum Gasteiger partial charge on any atom is 0.311 e. The van der Waals surface area contributed by atoms with Crippen LogP contribution in [0.5, 0.6) is 0 Å². The SMILES string of the molecule is COC(=O)C1CCC(CC/C=C(/C)CCC2OC2(C)C)=CC1OC. The van der Waals surface area contributed by atoms with Crippen LogP contribution in [0.15, 0.2) is 23.3 Å². The van der Waals surface area contributed by atoms with Gasteiger partial charge in [0.15, 0.2) is 0 Å². The molecule has 1 aliphatic carbocycles. The van der Waals surface area contributed by atoms with Gasteiger partial charge in [-0.25, -0.2) is 0 Å². The summed E-state index contributed by atoms with van der Waals surface area (Å²) in [7, 11) is 3.10. The van der Waals surface area contributed by atoms with E-state index >= 15 is 0 Å². The standard InChI is InChI=1S/C20H32O4/c1-14(9-12-18-20(2,3)24-18)7-6-8-15-10-11-16(19(21)23-5)17(13-15)22-4/h7,13,16-18H,6,8-12H2,1-5H3/b14-7-. The van der Waals surface area contributed by atoms with Crippen LogP contribution in [0.2, 0.25) is 0 Å². The molecule has 0 amide bonds. The lowest BCUT2D eigenvalue weighted by molar-refractivity contribution is -0.149. The Kier molecular flexibility index (Phi) is 6.64. The molecule has 1 fully saturated rings. The highest BCUT2D eigenvalue weighted by Gasteiger charge is 2.46. The maximum absolute atomic E-state index is 11.8. The van der Waals surface area contributed by atoms with E-state index in [0.717, 1.165) is 38.5 Å². The number of hydrogen-bond donors (Lipinski definition) is 0. The zero-order valence-corrected chi connectivity index (χ0v) is 15.8. The fraction of sp³-hybridized carbons (Fsp3) is 0.750. The molecule has 0 saturated carbocycles. The fourth-order valence-corrected chi connectivity index (χ4v) is 3.48. The third-order valence-electron chi connectivity index (χ3n) is 5.27. The average molecular weight is 336 g/mol. The summed E-state index contributed by atoms with van der Waals surface area (Å²) in [6, 6.07) is 0. The minimum Gasteiger partial charge on any atom is -0.469 e. The van der Waals surface area contributed by atoms with Crippen molar-refractivity contribution in [3.63, 3.8) is 0 Å². The number of carbonyl (C=O) groups is 1. The van der Waals surface area contributed by atoms with E-state index in [1.807, 2.05) is 0 Å². The fourth-order valence-electron chi connectivity index (χ4n) is 3.48. The van der Waals surface area contributed by atoms with Crippen molar-refractivity contribution in [2.45, 2.75) is 77.1 Å². The third-order valence-corrected chi connectivity index (χ3v) is 5.27. The van der Waals surface area contributed by atoms with Gasteiger partial charge in [-0.15, -0.1) is 0 Å². The molecule has 136 valence electrons. The van der Waals surface area contributed by atoms with E-state index in [4.69, 9.17) is 14.2 Å². The molecule has 24 heavy (non-hydrogen) atoms. The molecule has 4 nitrogen and oxygen atoms in total. The second kappa shape index (κ2) is 8.30. The van der Waals surface area contributed by atoms with Gasteiger partial charge in [-0.05, 0) is 59.3 Å². The van der Waals surface area contributed by atoms with E-state index in [1.165, 1.54) is 18.3 Å². The molecule has 0 spiro atoms. The zero-order chi connectivity index (χ0) is 17.7. The van der Waals surface area contributed by atoms with Crippen LogP contribution in [-0.2, 0) is 19.0 Å². The van der Waals surface area contributed by atoms with Crippen molar-refractivity contribution in [2.75, 3.05) is 14.2 Å². The van der Waals surface area contributed by atoms with E-state index in [1.54, 1.807) is 7.11 Å². The predicted molar refractivity (Wildman–Crippen MR) is 94.8 cm³/mol. The molecule has 4 heteroatoms. The molecular formula is C20H32O4. The Bertz CT molecular complexity index is 504. The van der Waals surface area contributed by atoms with Gasteiger partial charge in [0.2, 0.25) is 0 Å². The molecule has 0 radical (unpaired) electrons. The van der Waals surface area contributed by atoms with Crippen LogP contribution < -0.4 is 0 Å². The molecule has 1 aliphatic heterocycles. The van der Waals surface area contributed by atoms with Crippen LogP contribution in [0.3, 0.4) is 0 Å². The lowest BCUT2D eigenvalue weighted by atomic mass is 9.85. The van der Waals surface area contributed by atoms with Gasteiger partial charge in [-0.1, -0.05) is 23.3 Å². The van der Waals surface area contributed by atoms with E-state index in [2.05, 4.69) is 32.9 Å². The predicted octanol–water partition coefficient (Wildman–Crippen LogP) is 4.19. The first-order valence-corrected chi connectivity index (χ1v) is 9.01. The van der Waals surface area contributed by atoms with Gasteiger partial charge in [0.25, 0.3) is 0 Å². The van der Waals surface area contributed by atoms with Gasteiger partial charge < -0.3 is 14.2 Å². The quantitative estimate of drug-likeness (QED) is 0.379. The second-order valence-electron chi connectivity index (χ2n) is 7.53. The van der Waals surface area contributed by atoms with Gasteiger partial charge in [0.05, 0.1) is 30.8 Å². The molecule has 1 heterocycles. The van der Waals surface area contributed by atoms with Crippen LogP contribution in [0.1, 0.15) is 59.3 Å². The van der Waals surface area contributed by atoms with Gasteiger partial charge in [-0.3, -0.25) is 4.79 Å². The summed E-state index contributed by atoms with van der Waals surface area (Å²) < 4.78 is 16.0. The lowest BCUT2D eigenvalue weighted by Gasteiger charge is -2.27. The highest BCUT2D eigenvalue weighted by atomic mass is 16.6. The molecule has 2 rings (SSSR count). The molecule has 3 unspecified atom stereocenters. The molecule has 0 N–H and O–H groups in total. The Morgan fingerprint density at radius 2 is 2.12 bits per heavy atom. The molecule has 0 bridgehead atoms. The van der Waals surface area contributed by atoms with Crippen molar-refractivity contribution in [1.82, 2.24) is 0 Å². The first kappa shape index (κ1) is 19.2. The highest BCUT2D eigenvalue weighted by Crippen LogP contribution is 2.39. The molecule has 3 atom stereocenters. The minimum absolute atomic E-state index is 0.0958. The summed E-state index contributed by atoms with van der Waals surface area (Å²) in [5.74, 6) is -0.332. The average Bonchev–Trinajstić information content (AvgIpc) is 3.19. The Hall–Kier alpha value is -1.13. The van der Waals surface area contributed by atoms with E-state index in [0.29, 0.717) is 6.10 Å². The molecule has 2 aliphatic rings. The molecule has 0 aromatic rings. The van der Waals surface area contributed by atoms with Crippen LogP contribution in [0.4, 0.5) is 0 Å². The number of methoxy groups -OCH3 is 2. The van der Waals surface area contributed by atoms with E-state index in [-0.39, 0.29) is 23.6 Å². The van der Waals surface area contributed by atoms with Crippen molar-refractivity contribution in [3.8, 4) is 0 Å². The van der Waals surface area contributed by atoms with Crippen LogP contribution in [0.25, 0.3) is 0 Å². The highest BCUT2D eigenvalue weighted by molar-refractivity contribution is 5.73. The summed E-state index contributed by atoms with van der Waals surface area (Å²) in [6.45, 7) is 6.51. The number of carbonyl (C=O) groups excluding carboxylic acids is 1. The smallest absolute Gasteiger partial charge is 0.311 e. The zero-order valence-electron chi connectivity index (χ0n) is 15.8. The molecule has 0 aromatic carbocycles. The topological polar surface area (TPSA) is 48.1 Å². The maximum atomic E-state index is 11.8. The van der Waals surface area contributed by atoms with E-state index < -0.39 is 0 Å². The number of hydrogen-bond acceptors (Lipinski definition) is 4. The van der Waals surface area contributed by atoms with Crippen molar-refractivity contribution in [1.29, 1.82) is 0 Å². The van der Waals surface area contributed by atoms with Crippen molar-refractivity contribution < 1.29 is 19.0 Å². The Balaban J connectivity index is 1.76. The van der Waals surface area contributed by atoms with Crippen molar-refractivity contribution in [3.05, 3.63) is 23.3 Å². The van der Waals surface area contributed by atoms with Crippen LogP contribution in [0, 0.1) is 5.92 Å². The minimum atomic E-state index is -0.168. The van der Waals surface area contributed by atoms with Gasteiger partial charge in [0.1, 0.15) is 0 Å². The first-order chi connectivity index (χ1) is 11.4. The Morgan fingerprint density at radius 1 is 1.42 bits per heavy atom. The monoisotopic (exact) mass is 336 g/mol. The summed E-state index contributed by atoms with van der Waals surface area (Å²) >= 11 is 0. The summed E-state index contributed by atoms with van der Waals surface area (Å²) in [4.78, 5) is 11.8. The lowest BCUT2D eigenvalue weighted by Crippen LogP contribution is -2.32. The number of rotatable bonds is 8. The van der Waals surface area contributed by atoms with Crippen molar-refractivity contribution >= 4 is 5.97 Å². The molecular weight excluding hydrogens is 304 g/mol. The Morgan fingerprint density at radius 3 is 2.71 bits per heavy atom. The Labute approximate surface area is 146 Å². The third kappa shape index (κ3) is 5.18. The van der Waals surface area contributed by atoms with Crippen LogP contribution in [-0.4, -0.2) is 38.0 Å². The number of allylic oxidation sites excluding steroid dienone is 3. The summed E-state index contributed by atoms with van der Waals surface area (Å²) in [5, 5.41) is 0. The normalized spacial score (nSPS) is 29.1. The summed E-state index contributed by atoms with van der Waals surface area (Å²) in [6.07, 6.45) is 10.8. The number of esters is 1. The summed E-state index contributed by atoms with van der Waals surface area (Å²) in [5.41, 5.74) is 2.92. The van der Waals surface area contributed by atoms with E-state index in [9.17, 15) is 4.79 Å². The number of ether oxygens (including phenoxy) is 3. The van der Waals surface area contributed by atoms with Gasteiger partial charge in [0, 0.05) is 7.11 Å². The second-order valence-corrected chi connectivity index (χ2v) is 7.53.